The van der Waals surface area contributed by atoms with Crippen molar-refractivity contribution in [3.8, 4) is 0 Å². The van der Waals surface area contributed by atoms with Crippen molar-refractivity contribution in [2.75, 3.05) is 11.1 Å². The molecule has 0 saturated carbocycles. The lowest BCUT2D eigenvalue weighted by molar-refractivity contribution is 1.37. The lowest BCUT2D eigenvalue weighted by Gasteiger charge is -2.14. The smallest absolute Gasteiger partial charge is 0.0656 e. The third-order valence-corrected chi connectivity index (χ3v) is 4.38. The Kier molecular flexibility index (Phi) is 4.02. The van der Waals surface area contributed by atoms with Crippen LogP contribution in [0.25, 0.3) is 0 Å². The van der Waals surface area contributed by atoms with E-state index in [9.17, 15) is 0 Å². The minimum Gasteiger partial charge on any atom is -0.398 e. The van der Waals surface area contributed by atoms with Crippen molar-refractivity contribution in [2.24, 2.45) is 0 Å². The van der Waals surface area contributed by atoms with Crippen LogP contribution in [0.15, 0.2) is 30.3 Å². The van der Waals surface area contributed by atoms with Crippen LogP contribution in [0.2, 0.25) is 5.02 Å². The first kappa shape index (κ1) is 13.5. The summed E-state index contributed by atoms with van der Waals surface area (Å²) < 4.78 is 1.23. The van der Waals surface area contributed by atoms with E-state index in [4.69, 9.17) is 17.3 Å². The first-order valence-corrected chi connectivity index (χ1v) is 7.02. The van der Waals surface area contributed by atoms with Crippen molar-refractivity contribution in [1.29, 1.82) is 0 Å². The Labute approximate surface area is 126 Å². The van der Waals surface area contributed by atoms with Crippen molar-refractivity contribution in [3.05, 3.63) is 50.1 Å². The van der Waals surface area contributed by atoms with Crippen molar-refractivity contribution < 1.29 is 0 Å². The molecule has 0 heterocycles. The summed E-state index contributed by atoms with van der Waals surface area (Å²) in [5, 5.41) is 3.98. The van der Waals surface area contributed by atoms with Crippen LogP contribution in [0, 0.1) is 17.4 Å². The number of anilines is 3. The van der Waals surface area contributed by atoms with E-state index >= 15 is 0 Å². The second kappa shape index (κ2) is 5.36. The van der Waals surface area contributed by atoms with Gasteiger partial charge in [0.15, 0.2) is 0 Å². The van der Waals surface area contributed by atoms with Crippen molar-refractivity contribution in [2.45, 2.75) is 13.8 Å². The van der Waals surface area contributed by atoms with Gasteiger partial charge in [-0.3, -0.25) is 0 Å². The maximum Gasteiger partial charge on any atom is 0.0656 e. The van der Waals surface area contributed by atoms with E-state index in [1.54, 1.807) is 0 Å². The highest BCUT2D eigenvalue weighted by molar-refractivity contribution is 14.1. The molecule has 0 radical (unpaired) electrons. The van der Waals surface area contributed by atoms with Gasteiger partial charge in [0.1, 0.15) is 0 Å². The van der Waals surface area contributed by atoms with Gasteiger partial charge < -0.3 is 11.1 Å². The Hall–Kier alpha value is -0.940. The number of hydrogen-bond donors (Lipinski definition) is 2. The van der Waals surface area contributed by atoms with E-state index < -0.39 is 0 Å². The van der Waals surface area contributed by atoms with Gasteiger partial charge >= 0.3 is 0 Å². The van der Waals surface area contributed by atoms with Gasteiger partial charge in [0.05, 0.1) is 10.7 Å². The summed E-state index contributed by atoms with van der Waals surface area (Å²) >= 11 is 8.38. The Morgan fingerprint density at radius 3 is 2.61 bits per heavy atom. The highest BCUT2D eigenvalue weighted by Gasteiger charge is 2.06. The van der Waals surface area contributed by atoms with E-state index in [-0.39, 0.29) is 0 Å². The molecule has 94 valence electrons. The van der Waals surface area contributed by atoms with Gasteiger partial charge in [-0.2, -0.15) is 0 Å². The van der Waals surface area contributed by atoms with Crippen molar-refractivity contribution >= 4 is 51.3 Å². The maximum absolute atomic E-state index is 6.06. The average molecular weight is 373 g/mol. The molecule has 0 bridgehead atoms. The van der Waals surface area contributed by atoms with Crippen LogP contribution in [0.1, 0.15) is 11.1 Å². The predicted molar refractivity (Wildman–Crippen MR) is 87.8 cm³/mol. The SMILES string of the molecule is Cc1cc(N)c(Cl)cc1Nc1cccc(I)c1C. The molecular formula is C14H14ClIN2. The number of aryl methyl sites for hydroxylation is 1. The van der Waals surface area contributed by atoms with E-state index in [1.807, 2.05) is 25.1 Å². The summed E-state index contributed by atoms with van der Waals surface area (Å²) in [7, 11) is 0. The van der Waals surface area contributed by atoms with Crippen LogP contribution < -0.4 is 11.1 Å². The highest BCUT2D eigenvalue weighted by atomic mass is 127. The molecule has 0 amide bonds. The molecule has 4 heteroatoms. The molecule has 0 aliphatic rings. The fourth-order valence-corrected chi connectivity index (χ4v) is 2.39. The van der Waals surface area contributed by atoms with Crippen LogP contribution in [0.5, 0.6) is 0 Å². The Balaban J connectivity index is 2.40. The van der Waals surface area contributed by atoms with Crippen LogP contribution in [-0.2, 0) is 0 Å². The third-order valence-electron chi connectivity index (χ3n) is 2.88. The summed E-state index contributed by atoms with van der Waals surface area (Å²) in [6.07, 6.45) is 0. The quantitative estimate of drug-likeness (QED) is 0.582. The lowest BCUT2D eigenvalue weighted by atomic mass is 10.1. The molecule has 2 aromatic rings. The molecule has 3 N–H and O–H groups in total. The maximum atomic E-state index is 6.06. The molecule has 0 atom stereocenters. The van der Waals surface area contributed by atoms with Gasteiger partial charge in [0, 0.05) is 14.9 Å². The summed E-state index contributed by atoms with van der Waals surface area (Å²) in [6, 6.07) is 9.93. The predicted octanol–water partition coefficient (Wildman–Crippen LogP) is 4.89. The topological polar surface area (TPSA) is 38.0 Å². The van der Waals surface area contributed by atoms with E-state index in [2.05, 4.69) is 47.0 Å². The van der Waals surface area contributed by atoms with Crippen LogP contribution in [0.4, 0.5) is 17.1 Å². The third kappa shape index (κ3) is 2.72. The van der Waals surface area contributed by atoms with Crippen molar-refractivity contribution in [3.63, 3.8) is 0 Å². The molecule has 2 rings (SSSR count). The lowest BCUT2D eigenvalue weighted by Crippen LogP contribution is -1.98. The van der Waals surface area contributed by atoms with Crippen LogP contribution >= 0.6 is 34.2 Å². The molecule has 0 aliphatic carbocycles. The Bertz CT molecular complexity index is 597. The molecular weight excluding hydrogens is 359 g/mol. The zero-order valence-corrected chi connectivity index (χ0v) is 13.1. The van der Waals surface area contributed by atoms with Gasteiger partial charge in [0.2, 0.25) is 0 Å². The summed E-state index contributed by atoms with van der Waals surface area (Å²) in [6.45, 7) is 4.11. The van der Waals surface area contributed by atoms with Gasteiger partial charge in [-0.15, -0.1) is 0 Å². The van der Waals surface area contributed by atoms with Gasteiger partial charge in [-0.05, 0) is 71.8 Å². The Morgan fingerprint density at radius 1 is 1.17 bits per heavy atom. The number of hydrogen-bond acceptors (Lipinski definition) is 2. The minimum absolute atomic E-state index is 0.575. The zero-order chi connectivity index (χ0) is 13.3. The average Bonchev–Trinajstić information content (AvgIpc) is 2.32. The van der Waals surface area contributed by atoms with Crippen molar-refractivity contribution in [1.82, 2.24) is 0 Å². The molecule has 0 aliphatic heterocycles. The normalized spacial score (nSPS) is 10.4. The fraction of sp³-hybridized carbons (Fsp3) is 0.143. The van der Waals surface area contributed by atoms with E-state index in [1.165, 1.54) is 9.13 Å². The number of nitrogens with two attached hydrogens (primary N) is 1. The molecule has 18 heavy (non-hydrogen) atoms. The largest absolute Gasteiger partial charge is 0.398 e. The number of benzene rings is 2. The monoisotopic (exact) mass is 372 g/mol. The molecule has 0 saturated heterocycles. The first-order valence-electron chi connectivity index (χ1n) is 5.57. The molecule has 2 aromatic carbocycles. The highest BCUT2D eigenvalue weighted by Crippen LogP contribution is 2.30. The van der Waals surface area contributed by atoms with Gasteiger partial charge in [-0.25, -0.2) is 0 Å². The zero-order valence-electron chi connectivity index (χ0n) is 10.2. The van der Waals surface area contributed by atoms with Crippen LogP contribution in [-0.4, -0.2) is 0 Å². The molecule has 0 fully saturated rings. The number of nitrogen functional groups attached to an aromatic ring is 1. The number of rotatable bonds is 2. The molecule has 0 aromatic heterocycles. The molecule has 0 spiro atoms. The molecule has 0 unspecified atom stereocenters. The van der Waals surface area contributed by atoms with Gasteiger partial charge in [-0.1, -0.05) is 17.7 Å². The fourth-order valence-electron chi connectivity index (χ4n) is 1.73. The Morgan fingerprint density at radius 2 is 1.89 bits per heavy atom. The first-order chi connectivity index (χ1) is 8.49. The number of halogens is 2. The van der Waals surface area contributed by atoms with Crippen LogP contribution in [0.3, 0.4) is 0 Å². The standard InChI is InChI=1S/C14H14ClIN2/c1-8-6-12(17)10(15)7-14(8)18-13-5-3-4-11(16)9(13)2/h3-7,18H,17H2,1-2H3. The molecule has 2 nitrogen and oxygen atoms in total. The number of nitrogens with one attached hydrogen (secondary N) is 1. The van der Waals surface area contributed by atoms with Gasteiger partial charge in [0.25, 0.3) is 0 Å². The van der Waals surface area contributed by atoms with E-state index in [0.29, 0.717) is 10.7 Å². The summed E-state index contributed by atoms with van der Waals surface area (Å²) in [5.41, 5.74) is 10.8. The van der Waals surface area contributed by atoms with E-state index in [0.717, 1.165) is 16.9 Å². The second-order valence-corrected chi connectivity index (χ2v) is 5.80. The summed E-state index contributed by atoms with van der Waals surface area (Å²) in [5.74, 6) is 0. The second-order valence-electron chi connectivity index (χ2n) is 4.23. The minimum atomic E-state index is 0.575. The summed E-state index contributed by atoms with van der Waals surface area (Å²) in [4.78, 5) is 0.